The second-order valence-electron chi connectivity index (χ2n) is 4.85. The van der Waals surface area contributed by atoms with Gasteiger partial charge in [-0.2, -0.15) is 0 Å². The van der Waals surface area contributed by atoms with E-state index in [0.717, 1.165) is 12.8 Å². The summed E-state index contributed by atoms with van der Waals surface area (Å²) in [4.78, 5) is 22.6. The molecule has 0 saturated carbocycles. The first-order chi connectivity index (χ1) is 9.36. The molecule has 0 spiro atoms. The van der Waals surface area contributed by atoms with Crippen LogP contribution >= 0.6 is 0 Å². The van der Waals surface area contributed by atoms with Gasteiger partial charge in [0.2, 0.25) is 0 Å². The fourth-order valence-electron chi connectivity index (χ4n) is 1.73. The number of amides is 1. The molecule has 0 saturated heterocycles. The van der Waals surface area contributed by atoms with Gasteiger partial charge in [0.1, 0.15) is 0 Å². The Hall–Kier alpha value is -2.15. The molecule has 20 heavy (non-hydrogen) atoms. The van der Waals surface area contributed by atoms with Crippen molar-refractivity contribution in [3.63, 3.8) is 0 Å². The van der Waals surface area contributed by atoms with Crippen LogP contribution < -0.4 is 16.6 Å². The number of anilines is 1. The van der Waals surface area contributed by atoms with Gasteiger partial charge >= 0.3 is 0 Å². The highest BCUT2D eigenvalue weighted by Crippen LogP contribution is 2.23. The minimum Gasteiger partial charge on any atom is -0.347 e. The van der Waals surface area contributed by atoms with Crippen LogP contribution in [0.2, 0.25) is 0 Å². The van der Waals surface area contributed by atoms with Crippen LogP contribution in [0, 0.1) is 10.1 Å². The number of hydrazine groups is 1. The van der Waals surface area contributed by atoms with Crippen LogP contribution in [0.4, 0.5) is 11.4 Å². The average Bonchev–Trinajstić information content (AvgIpc) is 2.46. The van der Waals surface area contributed by atoms with Gasteiger partial charge in [-0.05, 0) is 25.8 Å². The summed E-state index contributed by atoms with van der Waals surface area (Å²) in [6.07, 6.45) is 1.52. The van der Waals surface area contributed by atoms with E-state index in [9.17, 15) is 14.9 Å². The number of nitrogen functional groups attached to an aromatic ring is 1. The molecule has 4 N–H and O–H groups in total. The van der Waals surface area contributed by atoms with Crippen molar-refractivity contribution >= 4 is 17.3 Å². The third-order valence-corrected chi connectivity index (χ3v) is 3.59. The molecule has 0 aliphatic rings. The van der Waals surface area contributed by atoms with Crippen LogP contribution in [-0.4, -0.2) is 16.4 Å². The molecule has 7 nitrogen and oxygen atoms in total. The Morgan fingerprint density at radius 1 is 1.40 bits per heavy atom. The first-order valence-corrected chi connectivity index (χ1v) is 6.44. The van der Waals surface area contributed by atoms with E-state index in [0.29, 0.717) is 5.69 Å². The van der Waals surface area contributed by atoms with Gasteiger partial charge in [-0.25, -0.2) is 0 Å². The fraction of sp³-hybridized carbons (Fsp3) is 0.462. The second-order valence-corrected chi connectivity index (χ2v) is 4.85. The largest absolute Gasteiger partial charge is 0.347 e. The van der Waals surface area contributed by atoms with Crippen molar-refractivity contribution < 1.29 is 9.72 Å². The van der Waals surface area contributed by atoms with Crippen LogP contribution in [0.15, 0.2) is 18.2 Å². The summed E-state index contributed by atoms with van der Waals surface area (Å²) in [5, 5.41) is 13.7. The number of nitro benzene ring substituents is 1. The summed E-state index contributed by atoms with van der Waals surface area (Å²) in [6.45, 7) is 5.87. The van der Waals surface area contributed by atoms with Crippen molar-refractivity contribution in [1.29, 1.82) is 0 Å². The average molecular weight is 280 g/mol. The van der Waals surface area contributed by atoms with Gasteiger partial charge in [0.15, 0.2) is 0 Å². The third kappa shape index (κ3) is 3.45. The van der Waals surface area contributed by atoms with Gasteiger partial charge in [-0.1, -0.05) is 13.8 Å². The molecule has 7 heteroatoms. The van der Waals surface area contributed by atoms with E-state index in [4.69, 9.17) is 5.84 Å². The molecule has 1 aromatic rings. The molecule has 0 aliphatic carbocycles. The number of nitrogens with zero attached hydrogens (tertiary/aromatic N) is 1. The highest BCUT2D eigenvalue weighted by atomic mass is 16.6. The van der Waals surface area contributed by atoms with Crippen molar-refractivity contribution in [2.45, 2.75) is 39.2 Å². The summed E-state index contributed by atoms with van der Waals surface area (Å²) in [7, 11) is 0. The number of nitrogens with one attached hydrogen (secondary N) is 2. The molecule has 0 unspecified atom stereocenters. The number of carbonyl (C=O) groups is 1. The molecule has 0 fully saturated rings. The molecule has 0 radical (unpaired) electrons. The summed E-state index contributed by atoms with van der Waals surface area (Å²) in [5.41, 5.74) is 2.39. The molecule has 0 aromatic heterocycles. The zero-order chi connectivity index (χ0) is 15.3. The van der Waals surface area contributed by atoms with Crippen molar-refractivity contribution in [3.8, 4) is 0 Å². The number of benzene rings is 1. The van der Waals surface area contributed by atoms with Crippen LogP contribution in [0.3, 0.4) is 0 Å². The Bertz CT molecular complexity index is 512. The van der Waals surface area contributed by atoms with E-state index < -0.39 is 4.92 Å². The molecular weight excluding hydrogens is 260 g/mol. The summed E-state index contributed by atoms with van der Waals surface area (Å²) in [5.74, 6) is 4.96. The zero-order valence-electron chi connectivity index (χ0n) is 11.9. The maximum absolute atomic E-state index is 12.3. The van der Waals surface area contributed by atoms with E-state index in [1.807, 2.05) is 20.8 Å². The second kappa shape index (κ2) is 6.33. The fourth-order valence-corrected chi connectivity index (χ4v) is 1.73. The number of nitro groups is 1. The first kappa shape index (κ1) is 15.9. The summed E-state index contributed by atoms with van der Waals surface area (Å²) >= 11 is 0. The topological polar surface area (TPSA) is 110 Å². The molecular formula is C13H20N4O3. The minimum absolute atomic E-state index is 0.149. The number of non-ortho nitro benzene ring substituents is 1. The summed E-state index contributed by atoms with van der Waals surface area (Å²) < 4.78 is 0. The van der Waals surface area contributed by atoms with Gasteiger partial charge in [0.05, 0.1) is 16.2 Å². The maximum atomic E-state index is 12.3. The van der Waals surface area contributed by atoms with Gasteiger partial charge < -0.3 is 10.7 Å². The molecule has 0 bridgehead atoms. The lowest BCUT2D eigenvalue weighted by Gasteiger charge is -2.28. The van der Waals surface area contributed by atoms with Gasteiger partial charge in [0, 0.05) is 17.7 Å². The Labute approximate surface area is 117 Å². The number of nitrogens with two attached hydrogens (primary N) is 1. The minimum atomic E-state index is -0.546. The Morgan fingerprint density at radius 2 is 2.00 bits per heavy atom. The van der Waals surface area contributed by atoms with E-state index >= 15 is 0 Å². The molecule has 1 amide bonds. The van der Waals surface area contributed by atoms with E-state index in [2.05, 4.69) is 10.7 Å². The maximum Gasteiger partial charge on any atom is 0.270 e. The van der Waals surface area contributed by atoms with E-state index in [1.54, 1.807) is 0 Å². The molecule has 0 heterocycles. The van der Waals surface area contributed by atoms with E-state index in [-0.39, 0.29) is 22.7 Å². The molecule has 0 aliphatic heterocycles. The van der Waals surface area contributed by atoms with Gasteiger partial charge in [-0.3, -0.25) is 20.8 Å². The van der Waals surface area contributed by atoms with Crippen molar-refractivity contribution in [2.24, 2.45) is 5.84 Å². The SMILES string of the molecule is CCC(C)(CC)NC(=O)c1cc([N+](=O)[O-])ccc1NN. The van der Waals surface area contributed by atoms with E-state index in [1.165, 1.54) is 18.2 Å². The van der Waals surface area contributed by atoms with Crippen molar-refractivity contribution in [2.75, 3.05) is 5.43 Å². The van der Waals surface area contributed by atoms with Crippen LogP contribution in [-0.2, 0) is 0 Å². The lowest BCUT2D eigenvalue weighted by atomic mass is 9.95. The Morgan fingerprint density at radius 3 is 2.45 bits per heavy atom. The summed E-state index contributed by atoms with van der Waals surface area (Å²) in [6, 6.07) is 3.93. The van der Waals surface area contributed by atoms with Crippen LogP contribution in [0.25, 0.3) is 0 Å². The van der Waals surface area contributed by atoms with Crippen molar-refractivity contribution in [3.05, 3.63) is 33.9 Å². The number of carbonyl (C=O) groups excluding carboxylic acids is 1. The zero-order valence-corrected chi connectivity index (χ0v) is 11.9. The normalized spacial score (nSPS) is 11.0. The monoisotopic (exact) mass is 280 g/mol. The van der Waals surface area contributed by atoms with Crippen molar-refractivity contribution in [1.82, 2.24) is 5.32 Å². The Balaban J connectivity index is 3.13. The molecule has 1 aromatic carbocycles. The van der Waals surface area contributed by atoms with Crippen LogP contribution in [0.5, 0.6) is 0 Å². The molecule has 110 valence electrons. The third-order valence-electron chi connectivity index (χ3n) is 3.59. The smallest absolute Gasteiger partial charge is 0.270 e. The van der Waals surface area contributed by atoms with Gasteiger partial charge in [-0.15, -0.1) is 0 Å². The number of hydrogen-bond donors (Lipinski definition) is 3. The Kier molecular flexibility index (Phi) is 5.04. The lowest BCUT2D eigenvalue weighted by Crippen LogP contribution is -2.45. The highest BCUT2D eigenvalue weighted by Gasteiger charge is 2.25. The standard InChI is InChI=1S/C13H20N4O3/c1-4-13(3,5-2)15-12(18)10-8-9(17(19)20)6-7-11(10)16-14/h6-8,16H,4-5,14H2,1-3H3,(H,15,18). The highest BCUT2D eigenvalue weighted by molar-refractivity contribution is 6.00. The molecule has 0 atom stereocenters. The van der Waals surface area contributed by atoms with Crippen LogP contribution in [0.1, 0.15) is 44.0 Å². The molecule has 1 rings (SSSR count). The predicted molar refractivity (Wildman–Crippen MR) is 77.4 cm³/mol. The number of rotatable bonds is 6. The number of hydrogen-bond acceptors (Lipinski definition) is 5. The first-order valence-electron chi connectivity index (χ1n) is 6.44. The quantitative estimate of drug-likeness (QED) is 0.420. The lowest BCUT2D eigenvalue weighted by molar-refractivity contribution is -0.384. The van der Waals surface area contributed by atoms with Gasteiger partial charge in [0.25, 0.3) is 11.6 Å². The predicted octanol–water partition coefficient (Wildman–Crippen LogP) is 2.19.